The standard InChI is InChI=1S/C21H25ClN4OS/c1-4-6-16(7-5-2)20(27)24-19-12-14(3)25-26(19)21-23-18(13-28-21)15-8-10-17(22)11-9-15/h8-13,16H,4-7H2,1-3H3,(H,24,27). The van der Waals surface area contributed by atoms with Crippen LogP contribution in [-0.4, -0.2) is 20.7 Å². The van der Waals surface area contributed by atoms with E-state index < -0.39 is 0 Å². The van der Waals surface area contributed by atoms with Crippen LogP contribution in [0.2, 0.25) is 5.02 Å². The fraction of sp³-hybridized carbons (Fsp3) is 0.381. The molecule has 0 fully saturated rings. The van der Waals surface area contributed by atoms with Crippen molar-refractivity contribution in [2.45, 2.75) is 46.5 Å². The van der Waals surface area contributed by atoms with Crippen molar-refractivity contribution < 1.29 is 4.79 Å². The number of hydrogen-bond donors (Lipinski definition) is 1. The van der Waals surface area contributed by atoms with E-state index in [2.05, 4.69) is 24.3 Å². The van der Waals surface area contributed by atoms with Crippen LogP contribution < -0.4 is 5.32 Å². The first-order valence-electron chi connectivity index (χ1n) is 9.61. The Morgan fingerprint density at radius 1 is 1.21 bits per heavy atom. The molecule has 0 saturated heterocycles. The topological polar surface area (TPSA) is 59.8 Å². The summed E-state index contributed by atoms with van der Waals surface area (Å²) in [5.41, 5.74) is 2.69. The second-order valence-electron chi connectivity index (χ2n) is 6.87. The van der Waals surface area contributed by atoms with Gasteiger partial charge in [0.2, 0.25) is 11.0 Å². The van der Waals surface area contributed by atoms with Crippen molar-refractivity contribution >= 4 is 34.7 Å². The van der Waals surface area contributed by atoms with E-state index >= 15 is 0 Å². The number of benzene rings is 1. The quantitative estimate of drug-likeness (QED) is 0.481. The largest absolute Gasteiger partial charge is 0.310 e. The predicted molar refractivity (Wildman–Crippen MR) is 116 cm³/mol. The van der Waals surface area contributed by atoms with E-state index in [-0.39, 0.29) is 11.8 Å². The van der Waals surface area contributed by atoms with E-state index in [4.69, 9.17) is 16.6 Å². The number of nitrogens with zero attached hydrogens (tertiary/aromatic N) is 3. The van der Waals surface area contributed by atoms with E-state index in [0.717, 1.165) is 47.8 Å². The van der Waals surface area contributed by atoms with Gasteiger partial charge in [-0.1, -0.05) is 50.4 Å². The van der Waals surface area contributed by atoms with Gasteiger partial charge in [0, 0.05) is 28.0 Å². The number of thiazole rings is 1. The van der Waals surface area contributed by atoms with Gasteiger partial charge >= 0.3 is 0 Å². The summed E-state index contributed by atoms with van der Waals surface area (Å²) in [6.07, 6.45) is 3.77. The molecule has 2 heterocycles. The first-order valence-corrected chi connectivity index (χ1v) is 10.9. The highest BCUT2D eigenvalue weighted by molar-refractivity contribution is 7.12. The number of halogens is 1. The number of anilines is 1. The zero-order valence-electron chi connectivity index (χ0n) is 16.4. The van der Waals surface area contributed by atoms with Crippen molar-refractivity contribution in [1.82, 2.24) is 14.8 Å². The minimum absolute atomic E-state index is 0.0274. The SMILES string of the molecule is CCCC(CCC)C(=O)Nc1cc(C)nn1-c1nc(-c2ccc(Cl)cc2)cs1. The summed E-state index contributed by atoms with van der Waals surface area (Å²) in [5.74, 6) is 0.746. The lowest BCUT2D eigenvalue weighted by Crippen LogP contribution is -2.24. The summed E-state index contributed by atoms with van der Waals surface area (Å²) in [6, 6.07) is 9.47. The molecular weight excluding hydrogens is 392 g/mol. The number of carbonyl (C=O) groups excluding carboxylic acids is 1. The Labute approximate surface area is 174 Å². The van der Waals surface area contributed by atoms with Crippen molar-refractivity contribution in [3.63, 3.8) is 0 Å². The molecule has 3 aromatic rings. The highest BCUT2D eigenvalue weighted by Gasteiger charge is 2.20. The smallest absolute Gasteiger partial charge is 0.228 e. The number of amides is 1. The van der Waals surface area contributed by atoms with Crippen LogP contribution in [0.5, 0.6) is 0 Å². The first kappa shape index (κ1) is 20.6. The zero-order chi connectivity index (χ0) is 20.1. The number of carbonyl (C=O) groups is 1. The molecule has 1 amide bonds. The molecule has 1 N–H and O–H groups in total. The molecule has 5 nitrogen and oxygen atoms in total. The van der Waals surface area contributed by atoms with E-state index in [1.165, 1.54) is 11.3 Å². The highest BCUT2D eigenvalue weighted by Crippen LogP contribution is 2.27. The monoisotopic (exact) mass is 416 g/mol. The number of aryl methyl sites for hydroxylation is 1. The molecule has 0 saturated carbocycles. The average Bonchev–Trinajstić information content (AvgIpc) is 3.29. The van der Waals surface area contributed by atoms with Gasteiger partial charge in [-0.3, -0.25) is 4.79 Å². The lowest BCUT2D eigenvalue weighted by molar-refractivity contribution is -0.120. The van der Waals surface area contributed by atoms with Crippen LogP contribution in [-0.2, 0) is 4.79 Å². The second kappa shape index (κ2) is 9.34. The predicted octanol–water partition coefficient (Wildman–Crippen LogP) is 6.11. The van der Waals surface area contributed by atoms with Crippen LogP contribution in [0.25, 0.3) is 16.4 Å². The van der Waals surface area contributed by atoms with E-state index in [1.807, 2.05) is 42.6 Å². The van der Waals surface area contributed by atoms with Crippen LogP contribution in [0.4, 0.5) is 5.82 Å². The minimum Gasteiger partial charge on any atom is -0.310 e. The molecule has 0 atom stereocenters. The highest BCUT2D eigenvalue weighted by atomic mass is 35.5. The average molecular weight is 417 g/mol. The van der Waals surface area contributed by atoms with Crippen molar-refractivity contribution in [2.75, 3.05) is 5.32 Å². The molecule has 0 radical (unpaired) electrons. The number of aromatic nitrogens is 3. The van der Waals surface area contributed by atoms with Crippen LogP contribution in [0.1, 0.15) is 45.2 Å². The Morgan fingerprint density at radius 3 is 2.54 bits per heavy atom. The Kier molecular flexibility index (Phi) is 6.86. The van der Waals surface area contributed by atoms with Gasteiger partial charge in [-0.15, -0.1) is 11.3 Å². The third-order valence-electron chi connectivity index (χ3n) is 4.54. The molecule has 0 spiro atoms. The summed E-state index contributed by atoms with van der Waals surface area (Å²) in [6.45, 7) is 6.13. The maximum absolute atomic E-state index is 12.8. The van der Waals surface area contributed by atoms with Gasteiger partial charge < -0.3 is 5.32 Å². The fourth-order valence-corrected chi connectivity index (χ4v) is 4.10. The number of nitrogens with one attached hydrogen (secondary N) is 1. The summed E-state index contributed by atoms with van der Waals surface area (Å²) < 4.78 is 1.71. The Morgan fingerprint density at radius 2 is 1.89 bits per heavy atom. The van der Waals surface area contributed by atoms with E-state index in [0.29, 0.717) is 10.8 Å². The summed E-state index contributed by atoms with van der Waals surface area (Å²) >= 11 is 7.46. The Balaban J connectivity index is 1.84. The molecule has 0 unspecified atom stereocenters. The zero-order valence-corrected chi connectivity index (χ0v) is 18.0. The number of hydrogen-bond acceptors (Lipinski definition) is 4. The Bertz CT molecular complexity index is 926. The van der Waals surface area contributed by atoms with Crippen molar-refractivity contribution in [1.29, 1.82) is 0 Å². The normalized spacial score (nSPS) is 11.2. The van der Waals surface area contributed by atoms with Gasteiger partial charge in [0.15, 0.2) is 0 Å². The van der Waals surface area contributed by atoms with Crippen molar-refractivity contribution in [2.24, 2.45) is 5.92 Å². The van der Waals surface area contributed by atoms with Crippen LogP contribution in [0, 0.1) is 12.8 Å². The van der Waals surface area contributed by atoms with Crippen LogP contribution >= 0.6 is 22.9 Å². The fourth-order valence-electron chi connectivity index (χ4n) is 3.18. The first-order chi connectivity index (χ1) is 13.5. The summed E-state index contributed by atoms with van der Waals surface area (Å²) in [7, 11) is 0. The maximum atomic E-state index is 12.8. The molecule has 1 aromatic carbocycles. The van der Waals surface area contributed by atoms with Crippen LogP contribution in [0.3, 0.4) is 0 Å². The molecule has 3 rings (SSSR count). The van der Waals surface area contributed by atoms with Gasteiger partial charge in [-0.2, -0.15) is 9.78 Å². The third-order valence-corrected chi connectivity index (χ3v) is 5.61. The maximum Gasteiger partial charge on any atom is 0.228 e. The number of rotatable bonds is 8. The molecule has 0 aliphatic carbocycles. The summed E-state index contributed by atoms with van der Waals surface area (Å²) in [5, 5.41) is 11.0. The van der Waals surface area contributed by atoms with Gasteiger partial charge in [0.25, 0.3) is 0 Å². The lowest BCUT2D eigenvalue weighted by Gasteiger charge is -2.15. The van der Waals surface area contributed by atoms with Crippen molar-refractivity contribution in [3.8, 4) is 16.4 Å². The van der Waals surface area contributed by atoms with Gasteiger partial charge in [-0.25, -0.2) is 4.98 Å². The lowest BCUT2D eigenvalue weighted by atomic mass is 9.97. The molecule has 148 valence electrons. The molecule has 28 heavy (non-hydrogen) atoms. The van der Waals surface area contributed by atoms with Crippen LogP contribution in [0.15, 0.2) is 35.7 Å². The molecule has 0 aliphatic heterocycles. The van der Waals surface area contributed by atoms with Gasteiger partial charge in [0.05, 0.1) is 11.4 Å². The molecule has 7 heteroatoms. The molecule has 0 aliphatic rings. The molecular formula is C21H25ClN4OS. The second-order valence-corrected chi connectivity index (χ2v) is 8.14. The third kappa shape index (κ3) is 4.80. The van der Waals surface area contributed by atoms with E-state index in [1.54, 1.807) is 4.68 Å². The molecule has 2 aromatic heterocycles. The molecule has 0 bridgehead atoms. The van der Waals surface area contributed by atoms with Crippen molar-refractivity contribution in [3.05, 3.63) is 46.4 Å². The van der Waals surface area contributed by atoms with Gasteiger partial charge in [-0.05, 0) is 31.9 Å². The minimum atomic E-state index is 0.0274. The summed E-state index contributed by atoms with van der Waals surface area (Å²) in [4.78, 5) is 17.5. The Hall–Kier alpha value is -2.18. The van der Waals surface area contributed by atoms with Gasteiger partial charge in [0.1, 0.15) is 5.82 Å². The van der Waals surface area contributed by atoms with E-state index in [9.17, 15) is 4.79 Å².